The molecule has 2 rings (SSSR count). The van der Waals surface area contributed by atoms with E-state index >= 15 is 0 Å². The first-order valence-electron chi connectivity index (χ1n) is 7.35. The van der Waals surface area contributed by atoms with Crippen molar-refractivity contribution >= 4 is 0 Å². The Morgan fingerprint density at radius 3 is 2.57 bits per heavy atom. The zero-order chi connectivity index (χ0) is 15.5. The first kappa shape index (κ1) is 15.4. The highest BCUT2D eigenvalue weighted by molar-refractivity contribution is 5.56. The number of nitrogens with zero attached hydrogens (tertiary/aromatic N) is 3. The highest BCUT2D eigenvalue weighted by atomic mass is 16.5. The van der Waals surface area contributed by atoms with Crippen LogP contribution < -0.4 is 4.74 Å². The normalized spacial score (nSPS) is 11.5. The minimum Gasteiger partial charge on any atom is -0.478 e. The highest BCUT2D eigenvalue weighted by Crippen LogP contribution is 2.25. The minimum absolute atomic E-state index is 0.00136. The molecular weight excluding hydrogens is 262 g/mol. The van der Waals surface area contributed by atoms with Gasteiger partial charge in [0.25, 0.3) is 0 Å². The van der Waals surface area contributed by atoms with Crippen molar-refractivity contribution in [3.63, 3.8) is 0 Å². The molecule has 0 bridgehead atoms. The van der Waals surface area contributed by atoms with Crippen LogP contribution in [0.15, 0.2) is 24.4 Å². The van der Waals surface area contributed by atoms with Crippen LogP contribution >= 0.6 is 0 Å². The van der Waals surface area contributed by atoms with Gasteiger partial charge in [0.15, 0.2) is 5.82 Å². The van der Waals surface area contributed by atoms with Gasteiger partial charge in [-0.3, -0.25) is 4.98 Å². The molecule has 0 radical (unpaired) electrons. The number of pyridine rings is 1. The van der Waals surface area contributed by atoms with Crippen molar-refractivity contribution in [3.8, 4) is 17.3 Å². The smallest absolute Gasteiger partial charge is 0.217 e. The van der Waals surface area contributed by atoms with Gasteiger partial charge in [0, 0.05) is 34.6 Å². The van der Waals surface area contributed by atoms with Crippen LogP contribution in [0.1, 0.15) is 45.5 Å². The average molecular weight is 285 g/mol. The van der Waals surface area contributed by atoms with E-state index in [4.69, 9.17) is 4.74 Å². The second kappa shape index (κ2) is 6.20. The van der Waals surface area contributed by atoms with Gasteiger partial charge in [-0.15, -0.1) is 0 Å². The Hall–Kier alpha value is -1.97. The van der Waals surface area contributed by atoms with Gasteiger partial charge in [-0.1, -0.05) is 27.7 Å². The zero-order valence-electron chi connectivity index (χ0n) is 13.5. The Morgan fingerprint density at radius 2 is 1.90 bits per heavy atom. The van der Waals surface area contributed by atoms with E-state index in [1.807, 2.05) is 25.3 Å². The molecule has 0 saturated heterocycles. The van der Waals surface area contributed by atoms with Crippen LogP contribution in [0.3, 0.4) is 0 Å². The lowest BCUT2D eigenvalue weighted by atomic mass is 9.91. The first-order chi connectivity index (χ1) is 9.90. The van der Waals surface area contributed by atoms with Gasteiger partial charge in [-0.2, -0.15) is 4.98 Å². The molecule has 0 N–H and O–H groups in total. The Labute approximate surface area is 126 Å². The molecule has 0 aromatic carbocycles. The third-order valence-electron chi connectivity index (χ3n) is 3.07. The third kappa shape index (κ3) is 4.00. The number of aryl methyl sites for hydroxylation is 1. The molecule has 21 heavy (non-hydrogen) atoms. The zero-order valence-corrected chi connectivity index (χ0v) is 13.5. The average Bonchev–Trinajstić information content (AvgIpc) is 2.44. The van der Waals surface area contributed by atoms with Gasteiger partial charge in [-0.25, -0.2) is 4.98 Å². The summed E-state index contributed by atoms with van der Waals surface area (Å²) in [5.74, 6) is 1.32. The van der Waals surface area contributed by atoms with Crippen molar-refractivity contribution in [2.45, 2.75) is 46.5 Å². The van der Waals surface area contributed by atoms with E-state index in [-0.39, 0.29) is 5.41 Å². The molecule has 2 aromatic heterocycles. The Kier molecular flexibility index (Phi) is 4.56. The minimum atomic E-state index is 0.00136. The van der Waals surface area contributed by atoms with Crippen LogP contribution in [0.2, 0.25) is 0 Å². The molecular formula is C17H23N3O. The van der Waals surface area contributed by atoms with Gasteiger partial charge < -0.3 is 4.74 Å². The van der Waals surface area contributed by atoms with Crippen molar-refractivity contribution in [1.82, 2.24) is 15.0 Å². The largest absolute Gasteiger partial charge is 0.478 e. The van der Waals surface area contributed by atoms with Gasteiger partial charge >= 0.3 is 0 Å². The lowest BCUT2D eigenvalue weighted by molar-refractivity contribution is 0.305. The second-order valence-electron chi connectivity index (χ2n) is 6.20. The van der Waals surface area contributed by atoms with Crippen molar-refractivity contribution in [2.75, 3.05) is 6.61 Å². The Morgan fingerprint density at radius 1 is 1.14 bits per heavy atom. The van der Waals surface area contributed by atoms with E-state index in [0.29, 0.717) is 18.3 Å². The molecule has 0 saturated carbocycles. The summed E-state index contributed by atoms with van der Waals surface area (Å²) < 4.78 is 5.63. The molecule has 2 heterocycles. The highest BCUT2D eigenvalue weighted by Gasteiger charge is 2.16. The van der Waals surface area contributed by atoms with Crippen molar-refractivity contribution in [1.29, 1.82) is 0 Å². The number of hydrogen-bond acceptors (Lipinski definition) is 4. The maximum absolute atomic E-state index is 5.63. The molecule has 0 amide bonds. The van der Waals surface area contributed by atoms with Gasteiger partial charge in [0.05, 0.1) is 6.61 Å². The summed E-state index contributed by atoms with van der Waals surface area (Å²) in [6, 6.07) is 5.86. The fourth-order valence-electron chi connectivity index (χ4n) is 1.93. The van der Waals surface area contributed by atoms with Gasteiger partial charge in [0.2, 0.25) is 5.88 Å². The Balaban J connectivity index is 2.39. The second-order valence-corrected chi connectivity index (χ2v) is 6.20. The van der Waals surface area contributed by atoms with Crippen LogP contribution in [-0.4, -0.2) is 21.6 Å². The fraction of sp³-hybridized carbons (Fsp3) is 0.471. The molecule has 112 valence electrons. The first-order valence-corrected chi connectivity index (χ1v) is 7.35. The molecule has 0 unspecified atom stereocenters. The van der Waals surface area contributed by atoms with E-state index < -0.39 is 0 Å². The Bertz CT molecular complexity index is 618. The summed E-state index contributed by atoms with van der Waals surface area (Å²) >= 11 is 0. The summed E-state index contributed by atoms with van der Waals surface area (Å²) in [6.45, 7) is 11.1. The number of aromatic nitrogens is 3. The van der Waals surface area contributed by atoms with Crippen LogP contribution in [0.25, 0.3) is 11.4 Å². The predicted octanol–water partition coefficient (Wildman–Crippen LogP) is 3.93. The standard InChI is InChI=1S/C17H23N3O/c1-6-9-21-15-10-12(2)19-16(20-15)13-7-8-18-14(11-13)17(3,4)5/h7-8,10-11H,6,9H2,1-5H3. The van der Waals surface area contributed by atoms with Crippen molar-refractivity contribution in [2.24, 2.45) is 0 Å². The van der Waals surface area contributed by atoms with Crippen LogP contribution in [0, 0.1) is 6.92 Å². The molecule has 0 aliphatic carbocycles. The van der Waals surface area contributed by atoms with E-state index in [0.717, 1.165) is 23.4 Å². The van der Waals surface area contributed by atoms with E-state index in [1.165, 1.54) is 0 Å². The maximum Gasteiger partial charge on any atom is 0.217 e. The lowest BCUT2D eigenvalue weighted by Crippen LogP contribution is -2.13. The molecule has 0 fully saturated rings. The molecule has 0 atom stereocenters. The lowest BCUT2D eigenvalue weighted by Gasteiger charge is -2.18. The SMILES string of the molecule is CCCOc1cc(C)nc(-c2ccnc(C(C)(C)C)c2)n1. The van der Waals surface area contributed by atoms with Crippen molar-refractivity contribution in [3.05, 3.63) is 35.8 Å². The van der Waals surface area contributed by atoms with E-state index in [2.05, 4.69) is 48.7 Å². The maximum atomic E-state index is 5.63. The summed E-state index contributed by atoms with van der Waals surface area (Å²) in [4.78, 5) is 13.5. The van der Waals surface area contributed by atoms with Gasteiger partial charge in [-0.05, 0) is 25.5 Å². The number of rotatable bonds is 4. The molecule has 2 aromatic rings. The molecule has 0 aliphatic rings. The van der Waals surface area contributed by atoms with E-state index in [1.54, 1.807) is 0 Å². The topological polar surface area (TPSA) is 47.9 Å². The van der Waals surface area contributed by atoms with Crippen molar-refractivity contribution < 1.29 is 4.74 Å². The third-order valence-corrected chi connectivity index (χ3v) is 3.07. The number of ether oxygens (including phenoxy) is 1. The van der Waals surface area contributed by atoms with Gasteiger partial charge in [0.1, 0.15) is 0 Å². The summed E-state index contributed by atoms with van der Waals surface area (Å²) in [6.07, 6.45) is 2.77. The summed E-state index contributed by atoms with van der Waals surface area (Å²) in [7, 11) is 0. The number of hydrogen-bond donors (Lipinski definition) is 0. The van der Waals surface area contributed by atoms with Crippen LogP contribution in [0.4, 0.5) is 0 Å². The van der Waals surface area contributed by atoms with Crippen LogP contribution in [0.5, 0.6) is 5.88 Å². The predicted molar refractivity (Wildman–Crippen MR) is 84.5 cm³/mol. The quantitative estimate of drug-likeness (QED) is 0.854. The molecule has 0 spiro atoms. The summed E-state index contributed by atoms with van der Waals surface area (Å²) in [5.41, 5.74) is 2.91. The summed E-state index contributed by atoms with van der Waals surface area (Å²) in [5, 5.41) is 0. The van der Waals surface area contributed by atoms with Crippen LogP contribution in [-0.2, 0) is 5.41 Å². The fourth-order valence-corrected chi connectivity index (χ4v) is 1.93. The van der Waals surface area contributed by atoms with E-state index in [9.17, 15) is 0 Å². The monoisotopic (exact) mass is 285 g/mol. The molecule has 4 heteroatoms. The molecule has 4 nitrogen and oxygen atoms in total. The molecule has 0 aliphatic heterocycles.